The second-order valence-electron chi connectivity index (χ2n) is 6.94. The third kappa shape index (κ3) is 3.84. The van der Waals surface area contributed by atoms with Gasteiger partial charge in [0, 0.05) is 13.2 Å². The standard InChI is InChI=1S/C21H20FN3O4/c22-14-7-9-15(10-8-14)25-20(27)17-5-1-2-6-18(17)24(21(25)28)13-19(26)23-12-16-4-3-11-29-16/h1-2,5-10,16H,3-4,11-13H2,(H,23,26)/t16-/m1/s1. The summed E-state index contributed by atoms with van der Waals surface area (Å²) in [5, 5.41) is 3.08. The van der Waals surface area contributed by atoms with Gasteiger partial charge < -0.3 is 10.1 Å². The molecule has 2 aromatic carbocycles. The third-order valence-corrected chi connectivity index (χ3v) is 4.99. The summed E-state index contributed by atoms with van der Waals surface area (Å²) in [6.45, 7) is 0.823. The second kappa shape index (κ2) is 8.00. The summed E-state index contributed by atoms with van der Waals surface area (Å²) < 4.78 is 21.0. The van der Waals surface area contributed by atoms with E-state index in [1.54, 1.807) is 24.3 Å². The van der Waals surface area contributed by atoms with E-state index in [1.165, 1.54) is 28.8 Å². The van der Waals surface area contributed by atoms with E-state index in [1.807, 2.05) is 0 Å². The highest BCUT2D eigenvalue weighted by Crippen LogP contribution is 2.12. The van der Waals surface area contributed by atoms with E-state index < -0.39 is 17.1 Å². The summed E-state index contributed by atoms with van der Waals surface area (Å²) in [6, 6.07) is 11.7. The summed E-state index contributed by atoms with van der Waals surface area (Å²) in [7, 11) is 0. The topological polar surface area (TPSA) is 82.3 Å². The van der Waals surface area contributed by atoms with Crippen molar-refractivity contribution in [3.8, 4) is 5.69 Å². The van der Waals surface area contributed by atoms with Gasteiger partial charge in [0.2, 0.25) is 5.91 Å². The normalized spacial score (nSPS) is 16.2. The smallest absolute Gasteiger partial charge is 0.336 e. The minimum absolute atomic E-state index is 0.0133. The lowest BCUT2D eigenvalue weighted by molar-refractivity contribution is -0.122. The van der Waals surface area contributed by atoms with Crippen LogP contribution in [0.3, 0.4) is 0 Å². The Balaban J connectivity index is 1.74. The highest BCUT2D eigenvalue weighted by molar-refractivity contribution is 5.81. The molecule has 2 heterocycles. The molecular weight excluding hydrogens is 377 g/mol. The van der Waals surface area contributed by atoms with Crippen LogP contribution in [0.1, 0.15) is 12.8 Å². The number of rotatable bonds is 5. The Morgan fingerprint density at radius 3 is 2.62 bits per heavy atom. The van der Waals surface area contributed by atoms with Gasteiger partial charge in [-0.15, -0.1) is 0 Å². The fraction of sp³-hybridized carbons (Fsp3) is 0.286. The minimum Gasteiger partial charge on any atom is -0.376 e. The number of hydrogen-bond acceptors (Lipinski definition) is 4. The summed E-state index contributed by atoms with van der Waals surface area (Å²) in [6.07, 6.45) is 1.84. The zero-order chi connectivity index (χ0) is 20.4. The maximum Gasteiger partial charge on any atom is 0.336 e. The van der Waals surface area contributed by atoms with Crippen molar-refractivity contribution in [1.82, 2.24) is 14.5 Å². The average molecular weight is 397 g/mol. The number of benzene rings is 2. The number of carbonyl (C=O) groups is 1. The number of ether oxygens (including phenoxy) is 1. The average Bonchev–Trinajstić information content (AvgIpc) is 3.25. The largest absolute Gasteiger partial charge is 0.376 e. The van der Waals surface area contributed by atoms with Crippen molar-refractivity contribution in [3.05, 3.63) is 75.2 Å². The third-order valence-electron chi connectivity index (χ3n) is 4.99. The fourth-order valence-corrected chi connectivity index (χ4v) is 3.52. The van der Waals surface area contributed by atoms with Crippen LogP contribution in [0, 0.1) is 5.82 Å². The number of carbonyl (C=O) groups excluding carboxylic acids is 1. The maximum atomic E-state index is 13.3. The molecule has 0 spiro atoms. The van der Waals surface area contributed by atoms with E-state index in [2.05, 4.69) is 5.32 Å². The van der Waals surface area contributed by atoms with Crippen molar-refractivity contribution in [2.45, 2.75) is 25.5 Å². The molecule has 8 heteroatoms. The predicted molar refractivity (Wildman–Crippen MR) is 106 cm³/mol. The molecule has 0 bridgehead atoms. The first-order valence-electron chi connectivity index (χ1n) is 9.43. The molecule has 1 fully saturated rings. The first-order valence-corrected chi connectivity index (χ1v) is 9.43. The Morgan fingerprint density at radius 2 is 1.90 bits per heavy atom. The van der Waals surface area contributed by atoms with Gasteiger partial charge in [0.25, 0.3) is 5.56 Å². The van der Waals surface area contributed by atoms with Gasteiger partial charge in [0.05, 0.1) is 22.7 Å². The minimum atomic E-state index is -0.660. The molecule has 4 rings (SSSR count). The molecule has 1 aromatic heterocycles. The number of nitrogens with one attached hydrogen (secondary N) is 1. The van der Waals surface area contributed by atoms with E-state index >= 15 is 0 Å². The van der Waals surface area contributed by atoms with Crippen LogP contribution in [0.25, 0.3) is 16.6 Å². The fourth-order valence-electron chi connectivity index (χ4n) is 3.52. The van der Waals surface area contributed by atoms with Gasteiger partial charge in [-0.1, -0.05) is 12.1 Å². The second-order valence-corrected chi connectivity index (χ2v) is 6.94. The summed E-state index contributed by atoms with van der Waals surface area (Å²) in [5.74, 6) is -0.825. The van der Waals surface area contributed by atoms with Crippen LogP contribution in [-0.4, -0.2) is 34.3 Å². The van der Waals surface area contributed by atoms with Gasteiger partial charge in [0.1, 0.15) is 12.4 Å². The van der Waals surface area contributed by atoms with Crippen molar-refractivity contribution in [1.29, 1.82) is 0 Å². The van der Waals surface area contributed by atoms with E-state index in [9.17, 15) is 18.8 Å². The Hall–Kier alpha value is -3.26. The molecule has 0 saturated carbocycles. The van der Waals surface area contributed by atoms with Gasteiger partial charge in [-0.25, -0.2) is 13.8 Å². The van der Waals surface area contributed by atoms with Crippen molar-refractivity contribution in [2.24, 2.45) is 0 Å². The van der Waals surface area contributed by atoms with Crippen molar-refractivity contribution >= 4 is 16.8 Å². The summed E-state index contributed by atoms with van der Waals surface area (Å²) in [4.78, 5) is 38.5. The van der Waals surface area contributed by atoms with E-state index in [4.69, 9.17) is 4.74 Å². The lowest BCUT2D eigenvalue weighted by Crippen LogP contribution is -2.42. The summed E-state index contributed by atoms with van der Waals surface area (Å²) >= 11 is 0. The molecule has 1 atom stereocenters. The number of hydrogen-bond donors (Lipinski definition) is 1. The number of fused-ring (bicyclic) bond motifs is 1. The highest BCUT2D eigenvalue weighted by atomic mass is 19.1. The molecule has 1 N–H and O–H groups in total. The van der Waals surface area contributed by atoms with Crippen LogP contribution in [-0.2, 0) is 16.1 Å². The molecule has 0 radical (unpaired) electrons. The quantitative estimate of drug-likeness (QED) is 0.709. The predicted octanol–water partition coefficient (Wildman–Crippen LogP) is 1.59. The van der Waals surface area contributed by atoms with E-state index in [0.717, 1.165) is 17.4 Å². The molecule has 1 saturated heterocycles. The van der Waals surface area contributed by atoms with Gasteiger partial charge in [-0.3, -0.25) is 14.2 Å². The molecule has 1 aliphatic rings. The van der Waals surface area contributed by atoms with Gasteiger partial charge in [0.15, 0.2) is 0 Å². The molecule has 1 aliphatic heterocycles. The molecular formula is C21H20FN3O4. The Bertz CT molecular complexity index is 1160. The van der Waals surface area contributed by atoms with Crippen LogP contribution in [0.15, 0.2) is 58.1 Å². The Labute approximate surface area is 165 Å². The van der Waals surface area contributed by atoms with Gasteiger partial charge in [-0.05, 0) is 49.2 Å². The first-order chi connectivity index (χ1) is 14.0. The van der Waals surface area contributed by atoms with E-state index in [-0.39, 0.29) is 24.2 Å². The van der Waals surface area contributed by atoms with E-state index in [0.29, 0.717) is 24.1 Å². The molecule has 7 nitrogen and oxygen atoms in total. The lowest BCUT2D eigenvalue weighted by Gasteiger charge is -2.15. The van der Waals surface area contributed by atoms with Crippen LogP contribution in [0.4, 0.5) is 4.39 Å². The Kier molecular flexibility index (Phi) is 5.26. The zero-order valence-electron chi connectivity index (χ0n) is 15.6. The molecule has 0 aliphatic carbocycles. The SMILES string of the molecule is O=C(Cn1c(=O)n(-c2ccc(F)cc2)c(=O)c2ccccc21)NC[C@H]1CCCO1. The molecule has 3 aromatic rings. The first kappa shape index (κ1) is 19.1. The van der Waals surface area contributed by atoms with Crippen LogP contribution < -0.4 is 16.6 Å². The maximum absolute atomic E-state index is 13.3. The molecule has 29 heavy (non-hydrogen) atoms. The number of halogens is 1. The van der Waals surface area contributed by atoms with Crippen molar-refractivity contribution < 1.29 is 13.9 Å². The number of nitrogens with zero attached hydrogens (tertiary/aromatic N) is 2. The molecule has 150 valence electrons. The zero-order valence-corrected chi connectivity index (χ0v) is 15.6. The number of aromatic nitrogens is 2. The van der Waals surface area contributed by atoms with Crippen molar-refractivity contribution in [2.75, 3.05) is 13.2 Å². The molecule has 0 unspecified atom stereocenters. The van der Waals surface area contributed by atoms with Crippen LogP contribution in [0.2, 0.25) is 0 Å². The Morgan fingerprint density at radius 1 is 1.14 bits per heavy atom. The lowest BCUT2D eigenvalue weighted by atomic mass is 10.2. The molecule has 1 amide bonds. The monoisotopic (exact) mass is 397 g/mol. The number of amides is 1. The van der Waals surface area contributed by atoms with Crippen molar-refractivity contribution in [3.63, 3.8) is 0 Å². The number of para-hydroxylation sites is 1. The highest BCUT2D eigenvalue weighted by Gasteiger charge is 2.19. The van der Waals surface area contributed by atoms with Gasteiger partial charge in [-0.2, -0.15) is 0 Å². The van der Waals surface area contributed by atoms with Gasteiger partial charge >= 0.3 is 5.69 Å². The van der Waals surface area contributed by atoms with Crippen LogP contribution in [0.5, 0.6) is 0 Å². The van der Waals surface area contributed by atoms with Crippen LogP contribution >= 0.6 is 0 Å². The summed E-state index contributed by atoms with van der Waals surface area (Å²) in [5.41, 5.74) is -0.574.